The maximum atomic E-state index is 12.1. The van der Waals surface area contributed by atoms with Gasteiger partial charge in [-0.15, -0.1) is 0 Å². The van der Waals surface area contributed by atoms with Crippen LogP contribution < -0.4 is 18.9 Å². The zero-order valence-corrected chi connectivity index (χ0v) is 35.7. The lowest BCUT2D eigenvalue weighted by Gasteiger charge is -2.38. The van der Waals surface area contributed by atoms with Gasteiger partial charge in [0.25, 0.3) is 0 Å². The molecule has 0 N–H and O–H groups in total. The SMILES string of the molecule is C=C(C)C(=O)Oc1ccc(OC(=O)/C=C/c2ccc(-c3ccc(OC(=O)C(=C)C)cc3)cc2)cc1.C=CC(=O)Oc1ccc(C2CCC(C3CCC(CCC)CC3)CC2)cc1. The molecule has 4 aromatic carbocycles. The van der Waals surface area contributed by atoms with Crippen LogP contribution in [-0.2, 0) is 19.2 Å². The molecule has 0 aliphatic heterocycles. The summed E-state index contributed by atoms with van der Waals surface area (Å²) >= 11 is 0. The molecule has 2 fully saturated rings. The molecule has 4 aromatic rings. The molecule has 6 rings (SSSR count). The summed E-state index contributed by atoms with van der Waals surface area (Å²) < 4.78 is 20.7. The average molecular weight is 823 g/mol. The molecule has 2 aliphatic carbocycles. The number of carbonyl (C=O) groups excluding carboxylic acids is 4. The Labute approximate surface area is 361 Å². The van der Waals surface area contributed by atoms with Crippen molar-refractivity contribution in [1.82, 2.24) is 0 Å². The Bertz CT molecular complexity index is 2150. The van der Waals surface area contributed by atoms with Crippen molar-refractivity contribution in [3.05, 3.63) is 151 Å². The highest BCUT2D eigenvalue weighted by Gasteiger charge is 2.31. The third-order valence-electron chi connectivity index (χ3n) is 11.4. The average Bonchev–Trinajstić information content (AvgIpc) is 3.27. The first-order valence-electron chi connectivity index (χ1n) is 21.3. The van der Waals surface area contributed by atoms with Gasteiger partial charge in [-0.2, -0.15) is 0 Å². The number of rotatable bonds is 14. The second kappa shape index (κ2) is 22.9. The van der Waals surface area contributed by atoms with Gasteiger partial charge in [-0.25, -0.2) is 19.2 Å². The largest absolute Gasteiger partial charge is 0.423 e. The smallest absolute Gasteiger partial charge is 0.338 e. The van der Waals surface area contributed by atoms with E-state index in [1.54, 1.807) is 32.1 Å². The minimum Gasteiger partial charge on any atom is -0.423 e. The summed E-state index contributed by atoms with van der Waals surface area (Å²) in [5.41, 5.74) is 4.76. The first kappa shape index (κ1) is 45.8. The van der Waals surface area contributed by atoms with Crippen LogP contribution in [0.15, 0.2) is 140 Å². The number of hydrogen-bond acceptors (Lipinski definition) is 8. The van der Waals surface area contributed by atoms with Crippen molar-refractivity contribution in [2.45, 2.75) is 90.9 Å². The van der Waals surface area contributed by atoms with Crippen LogP contribution >= 0.6 is 0 Å². The molecule has 61 heavy (non-hydrogen) atoms. The van der Waals surface area contributed by atoms with E-state index in [1.165, 1.54) is 106 Å². The number of esters is 4. The van der Waals surface area contributed by atoms with E-state index in [9.17, 15) is 19.2 Å². The van der Waals surface area contributed by atoms with Crippen molar-refractivity contribution in [3.63, 3.8) is 0 Å². The van der Waals surface area contributed by atoms with Crippen molar-refractivity contribution in [1.29, 1.82) is 0 Å². The van der Waals surface area contributed by atoms with Crippen LogP contribution in [0.1, 0.15) is 102 Å². The molecule has 0 heterocycles. The van der Waals surface area contributed by atoms with E-state index in [-0.39, 0.29) is 5.57 Å². The van der Waals surface area contributed by atoms with Crippen LogP contribution in [-0.4, -0.2) is 23.9 Å². The minimum absolute atomic E-state index is 0.290. The summed E-state index contributed by atoms with van der Waals surface area (Å²) in [7, 11) is 0. The van der Waals surface area contributed by atoms with E-state index in [2.05, 4.69) is 38.8 Å². The molecule has 0 atom stereocenters. The molecule has 8 nitrogen and oxygen atoms in total. The van der Waals surface area contributed by atoms with Gasteiger partial charge < -0.3 is 18.9 Å². The Kier molecular flexibility index (Phi) is 17.2. The number of benzene rings is 4. The Balaban J connectivity index is 0.000000241. The molecule has 8 heteroatoms. The molecule has 0 radical (unpaired) electrons. The van der Waals surface area contributed by atoms with Crippen LogP contribution in [0.5, 0.6) is 23.0 Å². The Hall–Kier alpha value is -6.28. The van der Waals surface area contributed by atoms with Gasteiger partial charge in [-0.3, -0.25) is 0 Å². The second-order valence-corrected chi connectivity index (χ2v) is 16.1. The van der Waals surface area contributed by atoms with Gasteiger partial charge in [0.2, 0.25) is 0 Å². The van der Waals surface area contributed by atoms with Crippen LogP contribution in [0.4, 0.5) is 0 Å². The molecule has 0 bridgehead atoms. The van der Waals surface area contributed by atoms with Crippen LogP contribution in [0.2, 0.25) is 0 Å². The third-order valence-corrected chi connectivity index (χ3v) is 11.4. The fraction of sp³-hybridized carbons (Fsp3) is 0.321. The zero-order valence-electron chi connectivity index (χ0n) is 35.7. The van der Waals surface area contributed by atoms with Crippen molar-refractivity contribution < 1.29 is 38.1 Å². The summed E-state index contributed by atoms with van der Waals surface area (Å²) in [5, 5.41) is 0. The maximum Gasteiger partial charge on any atom is 0.338 e. The molecular weight excluding hydrogens is 765 g/mol. The minimum atomic E-state index is -0.541. The summed E-state index contributed by atoms with van der Waals surface area (Å²) in [4.78, 5) is 46.5. The number of carbonyl (C=O) groups is 4. The topological polar surface area (TPSA) is 105 Å². The molecular formula is C53H58O8. The fourth-order valence-corrected chi connectivity index (χ4v) is 8.03. The van der Waals surface area contributed by atoms with Crippen molar-refractivity contribution >= 4 is 30.0 Å². The Morgan fingerprint density at radius 1 is 0.557 bits per heavy atom. The van der Waals surface area contributed by atoms with E-state index in [0.717, 1.165) is 34.4 Å². The normalized spacial score (nSPS) is 18.4. The second-order valence-electron chi connectivity index (χ2n) is 16.1. The summed E-state index contributed by atoms with van der Waals surface area (Å²) in [6.07, 6.45) is 18.3. The molecule has 0 saturated heterocycles. The quantitative estimate of drug-likeness (QED) is 0.0703. The Morgan fingerprint density at radius 3 is 1.43 bits per heavy atom. The van der Waals surface area contributed by atoms with Crippen molar-refractivity contribution in [2.24, 2.45) is 17.8 Å². The van der Waals surface area contributed by atoms with Gasteiger partial charge in [0, 0.05) is 23.3 Å². The standard InChI is InChI=1S/C29H24O6.C24H34O2/c1-19(2)28(31)34-25-12-10-23(11-13-25)22-8-5-21(6-9-22)7-18-27(30)33-24-14-16-26(17-15-24)35-29(32)20(3)4;1-3-5-18-6-8-19(9-7-18)20-10-12-21(13-11-20)22-14-16-23(17-15-22)26-24(25)4-2/h5-18H,1,3H2,2,4H3;4,14-21H,2-3,5-13H2,1H3/b18-7+;. The van der Waals surface area contributed by atoms with Gasteiger partial charge in [-0.1, -0.05) is 101 Å². The molecule has 0 unspecified atom stereocenters. The lowest BCUT2D eigenvalue weighted by molar-refractivity contribution is -0.131. The lowest BCUT2D eigenvalue weighted by atomic mass is 9.68. The highest BCUT2D eigenvalue weighted by molar-refractivity contribution is 5.90. The first-order valence-corrected chi connectivity index (χ1v) is 21.3. The predicted molar refractivity (Wildman–Crippen MR) is 241 cm³/mol. The van der Waals surface area contributed by atoms with Crippen LogP contribution in [0.3, 0.4) is 0 Å². The predicted octanol–water partition coefficient (Wildman–Crippen LogP) is 12.6. The van der Waals surface area contributed by atoms with Crippen LogP contribution in [0, 0.1) is 17.8 Å². The van der Waals surface area contributed by atoms with Crippen molar-refractivity contribution in [3.8, 4) is 34.1 Å². The summed E-state index contributed by atoms with van der Waals surface area (Å²) in [6.45, 7) is 16.0. The first-order chi connectivity index (χ1) is 29.4. The molecule has 0 spiro atoms. The highest BCUT2D eigenvalue weighted by Crippen LogP contribution is 2.44. The zero-order chi connectivity index (χ0) is 43.7. The molecule has 0 aromatic heterocycles. The summed E-state index contributed by atoms with van der Waals surface area (Å²) in [6, 6.07) is 29.0. The van der Waals surface area contributed by atoms with Gasteiger partial charge in [0.15, 0.2) is 0 Å². The van der Waals surface area contributed by atoms with E-state index >= 15 is 0 Å². The van der Waals surface area contributed by atoms with Crippen LogP contribution in [0.25, 0.3) is 17.2 Å². The van der Waals surface area contributed by atoms with Gasteiger partial charge in [0.1, 0.15) is 23.0 Å². The van der Waals surface area contributed by atoms with E-state index < -0.39 is 23.9 Å². The lowest BCUT2D eigenvalue weighted by Crippen LogP contribution is -2.25. The molecule has 2 aliphatic rings. The fourth-order valence-electron chi connectivity index (χ4n) is 8.03. The van der Waals surface area contributed by atoms with E-state index in [1.807, 2.05) is 48.5 Å². The van der Waals surface area contributed by atoms with Gasteiger partial charge in [0.05, 0.1) is 0 Å². The van der Waals surface area contributed by atoms with Gasteiger partial charge in [-0.05, 0) is 153 Å². The number of hydrogen-bond donors (Lipinski definition) is 0. The van der Waals surface area contributed by atoms with Gasteiger partial charge >= 0.3 is 23.9 Å². The van der Waals surface area contributed by atoms with E-state index in [0.29, 0.717) is 34.5 Å². The Morgan fingerprint density at radius 2 is 0.967 bits per heavy atom. The maximum absolute atomic E-state index is 12.1. The third kappa shape index (κ3) is 14.5. The van der Waals surface area contributed by atoms with Crippen molar-refractivity contribution in [2.75, 3.05) is 0 Å². The highest BCUT2D eigenvalue weighted by atomic mass is 16.5. The number of ether oxygens (including phenoxy) is 4. The summed E-state index contributed by atoms with van der Waals surface area (Å²) in [5.74, 6) is 3.42. The molecule has 318 valence electrons. The molecule has 2 saturated carbocycles. The monoisotopic (exact) mass is 822 g/mol. The van der Waals surface area contributed by atoms with E-state index in [4.69, 9.17) is 18.9 Å². The molecule has 0 amide bonds.